The molecule has 0 saturated heterocycles. The number of carbonyl (C=O) groups is 5. The first-order valence-electron chi connectivity index (χ1n) is 8.37. The number of benzene rings is 1. The molecule has 6 N–H and O–H groups in total. The van der Waals surface area contributed by atoms with Gasteiger partial charge in [0.15, 0.2) is 0 Å². The molecule has 1 aromatic carbocycles. The molecule has 11 nitrogen and oxygen atoms in total. The van der Waals surface area contributed by atoms with Crippen LogP contribution in [0.3, 0.4) is 0 Å². The van der Waals surface area contributed by atoms with Crippen LogP contribution in [-0.2, 0) is 19.2 Å². The summed E-state index contributed by atoms with van der Waals surface area (Å²) in [7, 11) is 0. The van der Waals surface area contributed by atoms with Gasteiger partial charge in [0, 0.05) is 17.9 Å². The normalized spacial score (nSPS) is 12.3. The molecular formula is C17H21N3O8S. The van der Waals surface area contributed by atoms with E-state index in [-0.39, 0.29) is 29.8 Å². The number of para-hydroxylation sites is 1. The van der Waals surface area contributed by atoms with E-state index < -0.39 is 48.4 Å². The van der Waals surface area contributed by atoms with Crippen molar-refractivity contribution in [1.82, 2.24) is 10.6 Å². The molecule has 0 radical (unpaired) electrons. The van der Waals surface area contributed by atoms with Gasteiger partial charge in [-0.05, 0) is 18.6 Å². The number of amides is 2. The standard InChI is InChI=1S/C17H21N3O8S/c21-13(20-12(8-29)15(24)18-7-14(22)23)6-5-11(17(27)28)19-10-4-2-1-3-9(10)16(25)26/h1-4,11-12,19,29H,5-8H2,(H,18,24)(H,20,21)(H,22,23)(H,25,26)(H,27,28)/t11-,12-/m0/s1. The van der Waals surface area contributed by atoms with Crippen LogP contribution in [0, 0.1) is 0 Å². The second-order valence-corrected chi connectivity index (χ2v) is 6.20. The molecule has 0 unspecified atom stereocenters. The Morgan fingerprint density at radius 2 is 1.66 bits per heavy atom. The fraction of sp³-hybridized carbons (Fsp3) is 0.353. The van der Waals surface area contributed by atoms with Gasteiger partial charge in [-0.15, -0.1) is 0 Å². The molecule has 0 heterocycles. The number of rotatable bonds is 12. The van der Waals surface area contributed by atoms with E-state index in [1.54, 1.807) is 0 Å². The molecule has 2 amide bonds. The quantitative estimate of drug-likeness (QED) is 0.219. The summed E-state index contributed by atoms with van der Waals surface area (Å²) in [6.45, 7) is -0.618. The molecule has 158 valence electrons. The number of carbonyl (C=O) groups excluding carboxylic acids is 2. The second kappa shape index (κ2) is 11.5. The lowest BCUT2D eigenvalue weighted by molar-refractivity contribution is -0.138. The lowest BCUT2D eigenvalue weighted by Gasteiger charge is -2.19. The molecule has 0 aromatic heterocycles. The van der Waals surface area contributed by atoms with E-state index >= 15 is 0 Å². The minimum absolute atomic E-state index is 0.0918. The van der Waals surface area contributed by atoms with Gasteiger partial charge in [-0.1, -0.05) is 12.1 Å². The largest absolute Gasteiger partial charge is 0.480 e. The van der Waals surface area contributed by atoms with E-state index in [1.165, 1.54) is 24.3 Å². The van der Waals surface area contributed by atoms with E-state index in [4.69, 9.17) is 10.2 Å². The summed E-state index contributed by atoms with van der Waals surface area (Å²) in [5.41, 5.74) is -0.0254. The third-order valence-corrected chi connectivity index (χ3v) is 4.06. The van der Waals surface area contributed by atoms with Crippen LogP contribution in [0.25, 0.3) is 0 Å². The van der Waals surface area contributed by atoms with E-state index in [2.05, 4.69) is 28.6 Å². The highest BCUT2D eigenvalue weighted by molar-refractivity contribution is 7.80. The van der Waals surface area contributed by atoms with Crippen molar-refractivity contribution in [2.24, 2.45) is 0 Å². The Bertz CT molecular complexity index is 786. The monoisotopic (exact) mass is 427 g/mol. The zero-order chi connectivity index (χ0) is 22.0. The first-order chi connectivity index (χ1) is 13.6. The Morgan fingerprint density at radius 1 is 1.00 bits per heavy atom. The van der Waals surface area contributed by atoms with Crippen molar-refractivity contribution in [2.75, 3.05) is 17.6 Å². The number of anilines is 1. The molecule has 12 heteroatoms. The molecule has 0 saturated carbocycles. The Balaban J connectivity index is 2.68. The van der Waals surface area contributed by atoms with Crippen molar-refractivity contribution in [3.63, 3.8) is 0 Å². The minimum atomic E-state index is -1.29. The van der Waals surface area contributed by atoms with Gasteiger partial charge in [0.05, 0.1) is 5.56 Å². The Kier molecular flexibility index (Phi) is 9.45. The second-order valence-electron chi connectivity index (χ2n) is 5.84. The highest BCUT2D eigenvalue weighted by Crippen LogP contribution is 2.17. The van der Waals surface area contributed by atoms with E-state index in [9.17, 15) is 29.1 Å². The molecule has 0 bridgehead atoms. The van der Waals surface area contributed by atoms with Crippen LogP contribution in [-0.4, -0.2) is 69.4 Å². The Hall–Kier alpha value is -3.28. The summed E-state index contributed by atoms with van der Waals surface area (Å²) in [6, 6.07) is 3.40. The van der Waals surface area contributed by atoms with E-state index in [0.717, 1.165) is 0 Å². The minimum Gasteiger partial charge on any atom is -0.480 e. The average Bonchev–Trinajstić information content (AvgIpc) is 2.67. The van der Waals surface area contributed by atoms with Crippen LogP contribution in [0.4, 0.5) is 5.69 Å². The van der Waals surface area contributed by atoms with Crippen LogP contribution in [0.1, 0.15) is 23.2 Å². The lowest BCUT2D eigenvalue weighted by atomic mass is 10.1. The SMILES string of the molecule is O=C(O)CNC(=O)[C@H](CS)NC(=O)CC[C@H](Nc1ccccc1C(=O)O)C(=O)O. The number of aromatic carboxylic acids is 1. The summed E-state index contributed by atoms with van der Waals surface area (Å²) < 4.78 is 0. The number of carboxylic acid groups (broad SMARTS) is 3. The maximum absolute atomic E-state index is 12.1. The number of aliphatic carboxylic acids is 2. The van der Waals surface area contributed by atoms with Crippen molar-refractivity contribution in [2.45, 2.75) is 24.9 Å². The predicted molar refractivity (Wildman–Crippen MR) is 104 cm³/mol. The molecule has 1 rings (SSSR count). The Morgan fingerprint density at radius 3 is 2.21 bits per heavy atom. The van der Waals surface area contributed by atoms with E-state index in [1.807, 2.05) is 0 Å². The smallest absolute Gasteiger partial charge is 0.337 e. The lowest BCUT2D eigenvalue weighted by Crippen LogP contribution is -2.49. The first-order valence-corrected chi connectivity index (χ1v) is 9.00. The summed E-state index contributed by atoms with van der Waals surface area (Å²) in [5, 5.41) is 34.1. The van der Waals surface area contributed by atoms with Gasteiger partial charge in [0.25, 0.3) is 0 Å². The zero-order valence-corrected chi connectivity index (χ0v) is 16.0. The molecule has 0 aliphatic rings. The van der Waals surface area contributed by atoms with Crippen molar-refractivity contribution in [3.05, 3.63) is 29.8 Å². The maximum atomic E-state index is 12.1. The van der Waals surface area contributed by atoms with Crippen LogP contribution >= 0.6 is 12.6 Å². The van der Waals surface area contributed by atoms with Crippen molar-refractivity contribution < 1.29 is 39.3 Å². The van der Waals surface area contributed by atoms with Gasteiger partial charge >= 0.3 is 17.9 Å². The number of carboxylic acids is 3. The van der Waals surface area contributed by atoms with Gasteiger partial charge in [-0.25, -0.2) is 9.59 Å². The highest BCUT2D eigenvalue weighted by atomic mass is 32.1. The third-order valence-electron chi connectivity index (χ3n) is 3.69. The van der Waals surface area contributed by atoms with Crippen LogP contribution in [0.5, 0.6) is 0 Å². The maximum Gasteiger partial charge on any atom is 0.337 e. The van der Waals surface area contributed by atoms with Gasteiger partial charge < -0.3 is 31.3 Å². The number of hydrogen-bond acceptors (Lipinski definition) is 7. The molecule has 2 atom stereocenters. The number of hydrogen-bond donors (Lipinski definition) is 7. The van der Waals surface area contributed by atoms with E-state index in [0.29, 0.717) is 0 Å². The molecule has 1 aromatic rings. The zero-order valence-electron chi connectivity index (χ0n) is 15.1. The van der Waals surface area contributed by atoms with Crippen molar-refractivity contribution in [1.29, 1.82) is 0 Å². The average molecular weight is 427 g/mol. The van der Waals surface area contributed by atoms with Crippen molar-refractivity contribution in [3.8, 4) is 0 Å². The molecule has 0 aliphatic carbocycles. The Labute approximate surface area is 170 Å². The number of nitrogens with one attached hydrogen (secondary N) is 3. The first kappa shape index (κ1) is 23.8. The summed E-state index contributed by atoms with van der Waals surface area (Å²) in [6.07, 6.45) is -0.471. The molecular weight excluding hydrogens is 406 g/mol. The fourth-order valence-electron chi connectivity index (χ4n) is 2.26. The van der Waals surface area contributed by atoms with Crippen LogP contribution < -0.4 is 16.0 Å². The topological polar surface area (TPSA) is 182 Å². The van der Waals surface area contributed by atoms with Crippen LogP contribution in [0.15, 0.2) is 24.3 Å². The molecule has 0 aliphatic heterocycles. The summed E-state index contributed by atoms with van der Waals surface area (Å²) >= 11 is 3.93. The molecule has 29 heavy (non-hydrogen) atoms. The van der Waals surface area contributed by atoms with Crippen molar-refractivity contribution >= 4 is 48.0 Å². The van der Waals surface area contributed by atoms with Gasteiger partial charge in [0.1, 0.15) is 18.6 Å². The van der Waals surface area contributed by atoms with Gasteiger partial charge in [-0.2, -0.15) is 12.6 Å². The van der Waals surface area contributed by atoms with Gasteiger partial charge in [-0.3, -0.25) is 14.4 Å². The summed E-state index contributed by atoms with van der Waals surface area (Å²) in [4.78, 5) is 57.0. The summed E-state index contributed by atoms with van der Waals surface area (Å²) in [5.74, 6) is -5.25. The molecule has 0 fully saturated rings. The van der Waals surface area contributed by atoms with Crippen LogP contribution in [0.2, 0.25) is 0 Å². The highest BCUT2D eigenvalue weighted by Gasteiger charge is 2.23. The third kappa shape index (κ3) is 8.09. The predicted octanol–water partition coefficient (Wildman–Crippen LogP) is -0.354. The molecule has 0 spiro atoms. The number of thiol groups is 1. The fourth-order valence-corrected chi connectivity index (χ4v) is 2.52. The van der Waals surface area contributed by atoms with Gasteiger partial charge in [0.2, 0.25) is 11.8 Å².